The van der Waals surface area contributed by atoms with Gasteiger partial charge in [0.1, 0.15) is 17.5 Å². The van der Waals surface area contributed by atoms with E-state index >= 15 is 0 Å². The fraction of sp³-hybridized carbons (Fsp3) is 0.0667. The first-order valence-corrected chi connectivity index (χ1v) is 7.21. The van der Waals surface area contributed by atoms with Crippen LogP contribution in [0.4, 0.5) is 4.39 Å². The summed E-state index contributed by atoms with van der Waals surface area (Å²) in [7, 11) is -0.238. The Kier molecular flexibility index (Phi) is 4.05. The molecule has 0 fully saturated rings. The lowest BCUT2D eigenvalue weighted by Gasteiger charge is -2.10. The SMILES string of the molecule is C[S+](/C=C(\[O-])c1ccc(F)cc1)c1ccccc1. The third kappa shape index (κ3) is 3.14. The number of hydrogen-bond donors (Lipinski definition) is 0. The number of halogens is 1. The summed E-state index contributed by atoms with van der Waals surface area (Å²) in [5, 5.41) is 13.7. The maximum atomic E-state index is 12.8. The Labute approximate surface area is 109 Å². The molecule has 0 amide bonds. The lowest BCUT2D eigenvalue weighted by atomic mass is 10.2. The molecule has 0 bridgehead atoms. The number of hydrogen-bond acceptors (Lipinski definition) is 1. The molecule has 18 heavy (non-hydrogen) atoms. The quantitative estimate of drug-likeness (QED) is 0.614. The highest BCUT2D eigenvalue weighted by Gasteiger charge is 2.11. The summed E-state index contributed by atoms with van der Waals surface area (Å²) in [6.45, 7) is 0. The average Bonchev–Trinajstić information content (AvgIpc) is 2.40. The lowest BCUT2D eigenvalue weighted by molar-refractivity contribution is -0.243. The molecule has 1 nitrogen and oxygen atoms in total. The van der Waals surface area contributed by atoms with E-state index in [1.165, 1.54) is 24.3 Å². The van der Waals surface area contributed by atoms with E-state index in [0.717, 1.165) is 4.90 Å². The zero-order valence-electron chi connectivity index (χ0n) is 9.97. The van der Waals surface area contributed by atoms with E-state index in [1.54, 1.807) is 5.41 Å². The second kappa shape index (κ2) is 5.74. The van der Waals surface area contributed by atoms with Crippen LogP contribution in [-0.4, -0.2) is 6.26 Å². The van der Waals surface area contributed by atoms with Crippen LogP contribution in [0.15, 0.2) is 64.9 Å². The fourth-order valence-electron chi connectivity index (χ4n) is 1.55. The first kappa shape index (κ1) is 12.7. The molecule has 2 aromatic rings. The predicted octanol–water partition coefficient (Wildman–Crippen LogP) is 2.79. The van der Waals surface area contributed by atoms with Crippen LogP contribution in [0.1, 0.15) is 5.56 Å². The zero-order chi connectivity index (χ0) is 13.0. The van der Waals surface area contributed by atoms with Gasteiger partial charge in [0.2, 0.25) is 0 Å². The minimum atomic E-state index is -0.329. The summed E-state index contributed by atoms with van der Waals surface area (Å²) < 4.78 is 12.8. The third-order valence-corrected chi connectivity index (χ3v) is 4.11. The van der Waals surface area contributed by atoms with Gasteiger partial charge < -0.3 is 5.11 Å². The monoisotopic (exact) mass is 260 g/mol. The van der Waals surface area contributed by atoms with E-state index in [0.29, 0.717) is 5.56 Å². The highest BCUT2D eigenvalue weighted by molar-refractivity contribution is 7.99. The maximum Gasteiger partial charge on any atom is 0.159 e. The van der Waals surface area contributed by atoms with Crippen LogP contribution in [0.25, 0.3) is 5.76 Å². The van der Waals surface area contributed by atoms with Crippen molar-refractivity contribution in [2.45, 2.75) is 4.90 Å². The Morgan fingerprint density at radius 3 is 2.28 bits per heavy atom. The first-order valence-electron chi connectivity index (χ1n) is 5.51. The van der Waals surface area contributed by atoms with Gasteiger partial charge in [0, 0.05) is 0 Å². The van der Waals surface area contributed by atoms with Crippen LogP contribution >= 0.6 is 0 Å². The lowest BCUT2D eigenvalue weighted by Crippen LogP contribution is -2.06. The summed E-state index contributed by atoms with van der Waals surface area (Å²) in [5.41, 5.74) is 0.520. The standard InChI is InChI=1S/C15H13FOS/c1-18(14-5-3-2-4-6-14)11-15(17)12-7-9-13(16)10-8-12/h2-11H,1H3/b15-11-. The van der Waals surface area contributed by atoms with Crippen molar-refractivity contribution < 1.29 is 9.50 Å². The largest absolute Gasteiger partial charge is 0.869 e. The van der Waals surface area contributed by atoms with E-state index in [1.807, 2.05) is 36.6 Å². The van der Waals surface area contributed by atoms with Crippen molar-refractivity contribution in [3.63, 3.8) is 0 Å². The smallest absolute Gasteiger partial charge is 0.159 e. The summed E-state index contributed by atoms with van der Waals surface area (Å²) in [6, 6.07) is 15.5. The average molecular weight is 260 g/mol. The van der Waals surface area contributed by atoms with Crippen molar-refractivity contribution in [3.05, 3.63) is 71.4 Å². The second-order valence-corrected chi connectivity index (χ2v) is 5.68. The van der Waals surface area contributed by atoms with Gasteiger partial charge in [-0.1, -0.05) is 36.1 Å². The molecule has 2 rings (SSSR count). The van der Waals surface area contributed by atoms with Crippen molar-refractivity contribution in [1.29, 1.82) is 0 Å². The highest BCUT2D eigenvalue weighted by Crippen LogP contribution is 2.17. The summed E-state index contributed by atoms with van der Waals surface area (Å²) in [4.78, 5) is 1.12. The van der Waals surface area contributed by atoms with Gasteiger partial charge in [0.25, 0.3) is 0 Å². The third-order valence-electron chi connectivity index (χ3n) is 2.53. The van der Waals surface area contributed by atoms with Crippen LogP contribution in [0.5, 0.6) is 0 Å². The highest BCUT2D eigenvalue weighted by atomic mass is 32.2. The molecule has 0 heterocycles. The van der Waals surface area contributed by atoms with Gasteiger partial charge in [-0.3, -0.25) is 0 Å². The van der Waals surface area contributed by atoms with Crippen LogP contribution in [0, 0.1) is 5.82 Å². The van der Waals surface area contributed by atoms with Gasteiger partial charge in [-0.15, -0.1) is 0 Å². The van der Waals surface area contributed by atoms with E-state index in [4.69, 9.17) is 0 Å². The molecule has 0 aliphatic carbocycles. The topological polar surface area (TPSA) is 23.1 Å². The van der Waals surface area contributed by atoms with Gasteiger partial charge in [0.15, 0.2) is 4.90 Å². The van der Waals surface area contributed by atoms with E-state index in [-0.39, 0.29) is 22.5 Å². The molecule has 92 valence electrons. The molecule has 0 spiro atoms. The van der Waals surface area contributed by atoms with Crippen molar-refractivity contribution in [2.75, 3.05) is 6.26 Å². The molecule has 0 aromatic heterocycles. The molecule has 0 N–H and O–H groups in total. The molecule has 0 saturated heterocycles. The van der Waals surface area contributed by atoms with Gasteiger partial charge >= 0.3 is 0 Å². The Bertz CT molecular complexity index is 534. The van der Waals surface area contributed by atoms with E-state index in [9.17, 15) is 9.50 Å². The van der Waals surface area contributed by atoms with Gasteiger partial charge in [-0.25, -0.2) is 4.39 Å². The Hall–Kier alpha value is -1.74. The Morgan fingerprint density at radius 1 is 1.06 bits per heavy atom. The Balaban J connectivity index is 2.20. The van der Waals surface area contributed by atoms with Gasteiger partial charge in [-0.05, 0) is 29.8 Å². The second-order valence-electron chi connectivity index (χ2n) is 3.86. The predicted molar refractivity (Wildman–Crippen MR) is 72.4 cm³/mol. The zero-order valence-corrected chi connectivity index (χ0v) is 10.8. The molecule has 0 aliphatic heterocycles. The number of benzene rings is 2. The summed E-state index contributed by atoms with van der Waals surface area (Å²) in [6.07, 6.45) is 2.00. The summed E-state index contributed by atoms with van der Waals surface area (Å²) in [5.74, 6) is -0.394. The van der Waals surface area contributed by atoms with Crippen LogP contribution in [0.2, 0.25) is 0 Å². The van der Waals surface area contributed by atoms with Crippen LogP contribution < -0.4 is 5.11 Å². The van der Waals surface area contributed by atoms with Crippen LogP contribution in [-0.2, 0) is 10.9 Å². The number of rotatable bonds is 3. The molecule has 3 heteroatoms. The molecule has 0 radical (unpaired) electrons. The maximum absolute atomic E-state index is 12.8. The van der Waals surface area contributed by atoms with Crippen molar-refractivity contribution in [3.8, 4) is 0 Å². The van der Waals surface area contributed by atoms with E-state index in [2.05, 4.69) is 0 Å². The first-order chi connectivity index (χ1) is 8.66. The molecule has 0 aliphatic rings. The molecular formula is C15H13FOS. The van der Waals surface area contributed by atoms with Gasteiger partial charge in [-0.2, -0.15) is 0 Å². The van der Waals surface area contributed by atoms with Crippen molar-refractivity contribution >= 4 is 16.7 Å². The minimum absolute atomic E-state index is 0.0651. The summed E-state index contributed by atoms with van der Waals surface area (Å²) >= 11 is 0. The van der Waals surface area contributed by atoms with E-state index < -0.39 is 0 Å². The molecule has 2 aromatic carbocycles. The van der Waals surface area contributed by atoms with Crippen molar-refractivity contribution in [1.82, 2.24) is 0 Å². The molecule has 1 unspecified atom stereocenters. The minimum Gasteiger partial charge on any atom is -0.869 e. The fourth-order valence-corrected chi connectivity index (χ4v) is 2.73. The Morgan fingerprint density at radius 2 is 1.67 bits per heavy atom. The molecule has 1 atom stereocenters. The van der Waals surface area contributed by atoms with Gasteiger partial charge in [0.05, 0.1) is 10.9 Å². The van der Waals surface area contributed by atoms with Crippen molar-refractivity contribution in [2.24, 2.45) is 0 Å². The molecular weight excluding hydrogens is 247 g/mol. The van der Waals surface area contributed by atoms with Crippen LogP contribution in [0.3, 0.4) is 0 Å². The normalized spacial score (nSPS) is 13.3. The molecule has 0 saturated carbocycles.